The summed E-state index contributed by atoms with van der Waals surface area (Å²) in [6.45, 7) is 0. The molecule has 0 unspecified atom stereocenters. The fourth-order valence-electron chi connectivity index (χ4n) is 2.53. The number of hydrogen-bond acceptors (Lipinski definition) is 3. The maximum absolute atomic E-state index is 12.5. The monoisotopic (exact) mass is 320 g/mol. The van der Waals surface area contributed by atoms with E-state index in [2.05, 4.69) is 10.6 Å². The molecule has 0 spiro atoms. The van der Waals surface area contributed by atoms with E-state index in [-0.39, 0.29) is 5.82 Å². The molecule has 1 aromatic heterocycles. The van der Waals surface area contributed by atoms with Gasteiger partial charge in [0.25, 0.3) is 5.56 Å². The topological polar surface area (TPSA) is 85.1 Å². The van der Waals surface area contributed by atoms with Gasteiger partial charge in [0.1, 0.15) is 5.82 Å². The van der Waals surface area contributed by atoms with Crippen molar-refractivity contribution < 1.29 is 4.79 Å². The summed E-state index contributed by atoms with van der Waals surface area (Å²) in [5, 5.41) is 5.78. The van der Waals surface area contributed by atoms with Crippen LogP contribution >= 0.6 is 11.6 Å². The first-order valence-electron chi connectivity index (χ1n) is 6.53. The van der Waals surface area contributed by atoms with Gasteiger partial charge >= 0.3 is 11.7 Å². The van der Waals surface area contributed by atoms with E-state index in [1.807, 2.05) is 0 Å². The van der Waals surface area contributed by atoms with Crippen LogP contribution in [0.2, 0.25) is 5.02 Å². The summed E-state index contributed by atoms with van der Waals surface area (Å²) in [6, 6.07) is 5.69. The molecule has 2 heterocycles. The van der Waals surface area contributed by atoms with Crippen molar-refractivity contribution in [3.8, 4) is 0 Å². The molecule has 114 valence electrons. The third-order valence-corrected chi connectivity index (χ3v) is 3.95. The van der Waals surface area contributed by atoms with Crippen molar-refractivity contribution in [2.75, 3.05) is 5.32 Å². The predicted octanol–water partition coefficient (Wildman–Crippen LogP) is 0.962. The van der Waals surface area contributed by atoms with E-state index in [0.717, 1.165) is 4.57 Å². The summed E-state index contributed by atoms with van der Waals surface area (Å²) in [4.78, 5) is 36.3. The second kappa shape index (κ2) is 5.03. The number of urea groups is 1. The highest BCUT2D eigenvalue weighted by Gasteiger charge is 2.31. The average Bonchev–Trinajstić information content (AvgIpc) is 2.50. The van der Waals surface area contributed by atoms with Crippen molar-refractivity contribution in [1.82, 2.24) is 14.5 Å². The Hall–Kier alpha value is -2.54. The summed E-state index contributed by atoms with van der Waals surface area (Å²) in [5.41, 5.74) is 0.0640. The van der Waals surface area contributed by atoms with Gasteiger partial charge in [0.2, 0.25) is 0 Å². The number of hydrogen-bond donors (Lipinski definition) is 2. The van der Waals surface area contributed by atoms with E-state index in [4.69, 9.17) is 11.6 Å². The van der Waals surface area contributed by atoms with E-state index in [1.165, 1.54) is 18.7 Å². The van der Waals surface area contributed by atoms with Crippen LogP contribution < -0.4 is 21.9 Å². The predicted molar refractivity (Wildman–Crippen MR) is 82.4 cm³/mol. The molecule has 1 aliphatic rings. The third-order valence-electron chi connectivity index (χ3n) is 3.70. The van der Waals surface area contributed by atoms with Gasteiger partial charge in [-0.2, -0.15) is 0 Å². The minimum absolute atomic E-state index is 0.205. The number of halogens is 1. The Labute approximate surface area is 130 Å². The van der Waals surface area contributed by atoms with Crippen molar-refractivity contribution in [2.45, 2.75) is 6.04 Å². The molecule has 1 atom stereocenters. The molecular weight excluding hydrogens is 308 g/mol. The van der Waals surface area contributed by atoms with Crippen LogP contribution in [0.3, 0.4) is 0 Å². The minimum Gasteiger partial charge on any atom is -0.327 e. The maximum atomic E-state index is 12.5. The number of carbonyl (C=O) groups is 1. The van der Waals surface area contributed by atoms with Crippen LogP contribution in [-0.2, 0) is 14.1 Å². The van der Waals surface area contributed by atoms with Gasteiger partial charge in [-0.25, -0.2) is 9.59 Å². The van der Waals surface area contributed by atoms with Crippen LogP contribution in [0.25, 0.3) is 0 Å². The molecule has 8 heteroatoms. The highest BCUT2D eigenvalue weighted by molar-refractivity contribution is 6.30. The lowest BCUT2D eigenvalue weighted by atomic mass is 9.98. The summed E-state index contributed by atoms with van der Waals surface area (Å²) >= 11 is 5.87. The van der Waals surface area contributed by atoms with E-state index in [9.17, 15) is 14.4 Å². The lowest BCUT2D eigenvalue weighted by Crippen LogP contribution is -2.49. The molecule has 2 N–H and O–H groups in total. The molecular formula is C14H13ClN4O3. The summed E-state index contributed by atoms with van der Waals surface area (Å²) in [6.07, 6.45) is 0. The second-order valence-corrected chi connectivity index (χ2v) is 5.49. The molecule has 2 aromatic rings. The number of carbonyl (C=O) groups excluding carboxylic acids is 1. The first kappa shape index (κ1) is 14.4. The fraction of sp³-hybridized carbons (Fsp3) is 0.214. The fourth-order valence-corrected chi connectivity index (χ4v) is 2.66. The van der Waals surface area contributed by atoms with Gasteiger partial charge in [-0.1, -0.05) is 23.7 Å². The average molecular weight is 321 g/mol. The van der Waals surface area contributed by atoms with Gasteiger partial charge in [0.05, 0.1) is 11.6 Å². The van der Waals surface area contributed by atoms with Crippen LogP contribution in [0.4, 0.5) is 10.6 Å². The summed E-state index contributed by atoms with van der Waals surface area (Å²) < 4.78 is 2.26. The van der Waals surface area contributed by atoms with Crippen molar-refractivity contribution in [3.63, 3.8) is 0 Å². The molecule has 22 heavy (non-hydrogen) atoms. The number of nitrogens with one attached hydrogen (secondary N) is 2. The Balaban J connectivity index is 2.30. The Morgan fingerprint density at radius 1 is 1.05 bits per heavy atom. The molecule has 0 fully saturated rings. The second-order valence-electron chi connectivity index (χ2n) is 5.05. The highest BCUT2D eigenvalue weighted by Crippen LogP contribution is 2.28. The van der Waals surface area contributed by atoms with Crippen LogP contribution in [0.5, 0.6) is 0 Å². The smallest absolute Gasteiger partial charge is 0.327 e. The van der Waals surface area contributed by atoms with E-state index in [0.29, 0.717) is 16.1 Å². The molecule has 0 aliphatic carbocycles. The molecule has 0 radical (unpaired) electrons. The van der Waals surface area contributed by atoms with Crippen molar-refractivity contribution in [3.05, 3.63) is 61.3 Å². The van der Waals surface area contributed by atoms with Crippen LogP contribution in [-0.4, -0.2) is 15.2 Å². The lowest BCUT2D eigenvalue weighted by molar-refractivity contribution is 0.248. The summed E-state index contributed by atoms with van der Waals surface area (Å²) in [7, 11) is 2.91. The largest absolute Gasteiger partial charge is 0.332 e. The Kier molecular flexibility index (Phi) is 3.29. The zero-order valence-corrected chi connectivity index (χ0v) is 12.6. The molecule has 3 rings (SSSR count). The highest BCUT2D eigenvalue weighted by atomic mass is 35.5. The van der Waals surface area contributed by atoms with Gasteiger partial charge in [-0.15, -0.1) is 0 Å². The van der Waals surface area contributed by atoms with Gasteiger partial charge in [0, 0.05) is 19.1 Å². The van der Waals surface area contributed by atoms with Crippen LogP contribution in [0.15, 0.2) is 33.9 Å². The third kappa shape index (κ3) is 2.10. The van der Waals surface area contributed by atoms with E-state index < -0.39 is 23.3 Å². The van der Waals surface area contributed by atoms with E-state index in [1.54, 1.807) is 24.3 Å². The number of rotatable bonds is 1. The Bertz CT molecular complexity index is 883. The maximum Gasteiger partial charge on any atom is 0.332 e. The quantitative estimate of drug-likeness (QED) is 0.820. The number of aromatic nitrogens is 2. The van der Waals surface area contributed by atoms with Gasteiger partial charge < -0.3 is 5.32 Å². The molecule has 0 bridgehead atoms. The number of anilines is 1. The first-order chi connectivity index (χ1) is 10.4. The normalized spacial score (nSPS) is 16.7. The van der Waals surface area contributed by atoms with Crippen LogP contribution in [0.1, 0.15) is 17.2 Å². The summed E-state index contributed by atoms with van der Waals surface area (Å²) in [5.74, 6) is 0.205. The van der Waals surface area contributed by atoms with Crippen LogP contribution in [0, 0.1) is 0 Å². The Morgan fingerprint density at radius 2 is 1.68 bits per heavy atom. The van der Waals surface area contributed by atoms with E-state index >= 15 is 0 Å². The SMILES string of the molecule is Cn1c2c(c(=O)n(C)c1=O)[C@@H](c1ccc(Cl)cc1)NC(=O)N2. The lowest BCUT2D eigenvalue weighted by Gasteiger charge is -2.28. The molecule has 0 saturated carbocycles. The van der Waals surface area contributed by atoms with Gasteiger partial charge in [0.15, 0.2) is 0 Å². The minimum atomic E-state index is -0.647. The van der Waals surface area contributed by atoms with Crippen molar-refractivity contribution in [1.29, 1.82) is 0 Å². The van der Waals surface area contributed by atoms with Gasteiger partial charge in [-0.3, -0.25) is 19.2 Å². The number of amides is 2. The molecule has 1 aromatic carbocycles. The Morgan fingerprint density at radius 3 is 2.32 bits per heavy atom. The molecule has 1 aliphatic heterocycles. The molecule has 7 nitrogen and oxygen atoms in total. The zero-order valence-electron chi connectivity index (χ0n) is 11.9. The number of benzene rings is 1. The standard InChI is InChI=1S/C14H13ClN4O3/c1-18-11-9(12(20)19(2)14(18)22)10(16-13(21)17-11)7-3-5-8(15)6-4-7/h3-6,10H,1-2H3,(H2,16,17,21)/t10-/m1/s1. The first-order valence-corrected chi connectivity index (χ1v) is 6.91. The number of nitrogens with zero attached hydrogens (tertiary/aromatic N) is 2. The van der Waals surface area contributed by atoms with Crippen molar-refractivity contribution >= 4 is 23.4 Å². The van der Waals surface area contributed by atoms with Crippen molar-refractivity contribution in [2.24, 2.45) is 14.1 Å². The molecule has 2 amide bonds. The number of fused-ring (bicyclic) bond motifs is 1. The zero-order chi connectivity index (χ0) is 16.0. The molecule has 0 saturated heterocycles. The van der Waals surface area contributed by atoms with Gasteiger partial charge in [-0.05, 0) is 17.7 Å².